The van der Waals surface area contributed by atoms with Crippen LogP contribution in [0.25, 0.3) is 10.2 Å². The molecule has 5 nitrogen and oxygen atoms in total. The molecule has 0 saturated carbocycles. The number of thiophene rings is 1. The smallest absolute Gasteiger partial charge is 0.263 e. The second-order valence-corrected chi connectivity index (χ2v) is 6.53. The third-order valence-corrected chi connectivity index (χ3v) is 4.31. The third-order valence-electron chi connectivity index (χ3n) is 3.21. The molecule has 0 spiro atoms. The Morgan fingerprint density at radius 3 is 2.55 bits per heavy atom. The van der Waals surface area contributed by atoms with Gasteiger partial charge < -0.3 is 4.90 Å². The van der Waals surface area contributed by atoms with Crippen LogP contribution in [0.1, 0.15) is 23.2 Å². The number of aromatic nitrogens is 2. The Morgan fingerprint density at radius 1 is 1.35 bits per heavy atom. The van der Waals surface area contributed by atoms with Gasteiger partial charge in [-0.15, -0.1) is 11.3 Å². The minimum absolute atomic E-state index is 0.0436. The zero-order chi connectivity index (χ0) is 15.0. The zero-order valence-electron chi connectivity index (χ0n) is 12.5. The third kappa shape index (κ3) is 2.66. The molecule has 2 aromatic heterocycles. The van der Waals surface area contributed by atoms with Crippen molar-refractivity contribution in [2.45, 2.75) is 33.9 Å². The fraction of sp³-hybridized carbons (Fsp3) is 0.500. The summed E-state index contributed by atoms with van der Waals surface area (Å²) in [6.07, 6.45) is 0. The number of hydrogen-bond acceptors (Lipinski definition) is 5. The first-order chi connectivity index (χ1) is 9.31. The van der Waals surface area contributed by atoms with Gasteiger partial charge >= 0.3 is 0 Å². The van der Waals surface area contributed by atoms with E-state index in [0.717, 1.165) is 15.3 Å². The van der Waals surface area contributed by atoms with Gasteiger partial charge in [0.25, 0.3) is 5.56 Å². The Bertz CT molecular complexity index is 728. The Morgan fingerprint density at radius 2 is 2.00 bits per heavy atom. The van der Waals surface area contributed by atoms with Crippen LogP contribution in [0.4, 0.5) is 0 Å². The van der Waals surface area contributed by atoms with Crippen molar-refractivity contribution in [1.82, 2.24) is 14.5 Å². The van der Waals surface area contributed by atoms with Crippen molar-refractivity contribution in [3.63, 3.8) is 0 Å². The molecule has 2 rings (SSSR count). The highest BCUT2D eigenvalue weighted by Gasteiger charge is 2.17. The van der Waals surface area contributed by atoms with E-state index in [9.17, 15) is 9.59 Å². The first kappa shape index (κ1) is 14.9. The summed E-state index contributed by atoms with van der Waals surface area (Å²) >= 11 is 1.53. The van der Waals surface area contributed by atoms with E-state index in [1.54, 1.807) is 0 Å². The van der Waals surface area contributed by atoms with E-state index in [1.165, 1.54) is 22.8 Å². The largest absolute Gasteiger partial charge is 0.302 e. The van der Waals surface area contributed by atoms with Crippen molar-refractivity contribution in [2.75, 3.05) is 14.1 Å². The van der Waals surface area contributed by atoms with E-state index in [2.05, 4.69) is 4.98 Å². The standard InChI is InChI=1S/C14H19N3O2S/c1-8(18)6-17-11(7-16(4)5)15-13-12(14(17)19)9(2)10(3)20-13/h6-7H2,1-5H3. The van der Waals surface area contributed by atoms with E-state index in [-0.39, 0.29) is 17.9 Å². The van der Waals surface area contributed by atoms with E-state index < -0.39 is 0 Å². The number of ketones is 1. The highest BCUT2D eigenvalue weighted by molar-refractivity contribution is 7.18. The van der Waals surface area contributed by atoms with E-state index in [4.69, 9.17) is 0 Å². The molecule has 20 heavy (non-hydrogen) atoms. The topological polar surface area (TPSA) is 55.2 Å². The molecule has 0 saturated heterocycles. The first-order valence-corrected chi connectivity index (χ1v) is 7.26. The molecule has 0 radical (unpaired) electrons. The van der Waals surface area contributed by atoms with Gasteiger partial charge in [0, 0.05) is 4.88 Å². The van der Waals surface area contributed by atoms with Gasteiger partial charge in [0.05, 0.1) is 18.5 Å². The van der Waals surface area contributed by atoms with Crippen LogP contribution in [0, 0.1) is 13.8 Å². The van der Waals surface area contributed by atoms with Crippen LogP contribution in [0.15, 0.2) is 4.79 Å². The summed E-state index contributed by atoms with van der Waals surface area (Å²) in [7, 11) is 3.83. The number of rotatable bonds is 4. The van der Waals surface area contributed by atoms with Crippen LogP contribution in [0.5, 0.6) is 0 Å². The van der Waals surface area contributed by atoms with Crippen LogP contribution in [0.3, 0.4) is 0 Å². The van der Waals surface area contributed by atoms with Gasteiger partial charge in [0.1, 0.15) is 16.4 Å². The average Bonchev–Trinajstić information content (AvgIpc) is 2.59. The lowest BCUT2D eigenvalue weighted by atomic mass is 10.2. The van der Waals surface area contributed by atoms with Crippen molar-refractivity contribution in [3.05, 3.63) is 26.6 Å². The lowest BCUT2D eigenvalue weighted by molar-refractivity contribution is -0.117. The normalized spacial score (nSPS) is 11.5. The quantitative estimate of drug-likeness (QED) is 0.861. The SMILES string of the molecule is CC(=O)Cn1c(CN(C)C)nc2sc(C)c(C)c2c1=O. The maximum absolute atomic E-state index is 12.7. The van der Waals surface area contributed by atoms with Crippen molar-refractivity contribution in [3.8, 4) is 0 Å². The van der Waals surface area contributed by atoms with Crippen LogP contribution in [-0.4, -0.2) is 34.3 Å². The van der Waals surface area contributed by atoms with Crippen LogP contribution < -0.4 is 5.56 Å². The minimum Gasteiger partial charge on any atom is -0.302 e. The molecule has 0 fully saturated rings. The predicted octanol–water partition coefficient (Wildman–Crippen LogP) is 1.73. The van der Waals surface area contributed by atoms with Gasteiger partial charge in [0.2, 0.25) is 0 Å². The van der Waals surface area contributed by atoms with Gasteiger partial charge in [-0.25, -0.2) is 4.98 Å². The van der Waals surface area contributed by atoms with E-state index >= 15 is 0 Å². The molecule has 0 aliphatic heterocycles. The van der Waals surface area contributed by atoms with Crippen LogP contribution >= 0.6 is 11.3 Å². The summed E-state index contributed by atoms with van der Waals surface area (Å²) in [4.78, 5) is 32.5. The van der Waals surface area contributed by atoms with Crippen molar-refractivity contribution in [2.24, 2.45) is 0 Å². The summed E-state index contributed by atoms with van der Waals surface area (Å²) < 4.78 is 1.50. The zero-order valence-corrected chi connectivity index (χ0v) is 13.3. The molecule has 0 aromatic carbocycles. The number of hydrogen-bond donors (Lipinski definition) is 0. The maximum atomic E-state index is 12.7. The summed E-state index contributed by atoms with van der Waals surface area (Å²) in [6, 6.07) is 0. The maximum Gasteiger partial charge on any atom is 0.263 e. The van der Waals surface area contributed by atoms with Gasteiger partial charge in [-0.05, 0) is 40.4 Å². The molecule has 0 atom stereocenters. The molecule has 0 aliphatic rings. The number of carbonyl (C=O) groups excluding carboxylic acids is 1. The van der Waals surface area contributed by atoms with Crippen molar-refractivity contribution >= 4 is 27.3 Å². The Kier molecular flexibility index (Phi) is 4.06. The molecule has 6 heteroatoms. The fourth-order valence-corrected chi connectivity index (χ4v) is 3.20. The molecule has 0 unspecified atom stereocenters. The number of fused-ring (bicyclic) bond motifs is 1. The predicted molar refractivity (Wildman–Crippen MR) is 81.4 cm³/mol. The lowest BCUT2D eigenvalue weighted by Crippen LogP contribution is -2.30. The summed E-state index contributed by atoms with van der Waals surface area (Å²) in [6.45, 7) is 6.03. The molecule has 0 aliphatic carbocycles. The molecule has 108 valence electrons. The number of aryl methyl sites for hydroxylation is 2. The summed E-state index contributed by atoms with van der Waals surface area (Å²) in [5.41, 5.74) is 0.861. The second-order valence-electron chi connectivity index (χ2n) is 5.32. The van der Waals surface area contributed by atoms with E-state index in [0.29, 0.717) is 17.8 Å². The Hall–Kier alpha value is -1.53. The second kappa shape index (κ2) is 5.46. The molecular formula is C14H19N3O2S. The Labute approximate surface area is 121 Å². The molecule has 0 amide bonds. The van der Waals surface area contributed by atoms with Crippen LogP contribution in [0.2, 0.25) is 0 Å². The number of nitrogens with zero attached hydrogens (tertiary/aromatic N) is 3. The lowest BCUT2D eigenvalue weighted by Gasteiger charge is -2.14. The van der Waals surface area contributed by atoms with Gasteiger partial charge in [-0.3, -0.25) is 14.2 Å². The fourth-order valence-electron chi connectivity index (χ4n) is 2.16. The molecular weight excluding hydrogens is 274 g/mol. The number of Topliss-reactive ketones (excluding diaryl/α,β-unsaturated/α-hetero) is 1. The van der Waals surface area contributed by atoms with Crippen molar-refractivity contribution in [1.29, 1.82) is 0 Å². The van der Waals surface area contributed by atoms with Gasteiger partial charge in [-0.1, -0.05) is 0 Å². The molecule has 0 N–H and O–H groups in total. The van der Waals surface area contributed by atoms with Crippen molar-refractivity contribution < 1.29 is 4.79 Å². The van der Waals surface area contributed by atoms with Crippen LogP contribution in [-0.2, 0) is 17.9 Å². The van der Waals surface area contributed by atoms with Gasteiger partial charge in [0.15, 0.2) is 0 Å². The summed E-state index contributed by atoms with van der Waals surface area (Å²) in [5.74, 6) is 0.599. The average molecular weight is 293 g/mol. The molecule has 2 aromatic rings. The van der Waals surface area contributed by atoms with Gasteiger partial charge in [-0.2, -0.15) is 0 Å². The molecule has 0 bridgehead atoms. The molecule has 2 heterocycles. The minimum atomic E-state index is -0.107. The summed E-state index contributed by atoms with van der Waals surface area (Å²) in [5, 5.41) is 0.649. The number of carbonyl (C=O) groups is 1. The highest BCUT2D eigenvalue weighted by atomic mass is 32.1. The Balaban J connectivity index is 2.76. The first-order valence-electron chi connectivity index (χ1n) is 6.44. The monoisotopic (exact) mass is 293 g/mol. The highest BCUT2D eigenvalue weighted by Crippen LogP contribution is 2.26. The van der Waals surface area contributed by atoms with E-state index in [1.807, 2.05) is 32.8 Å².